The summed E-state index contributed by atoms with van der Waals surface area (Å²) in [4.78, 5) is 13.6. The number of carbonyl (C=O) groups excluding carboxylic acids is 1. The molecular weight excluding hydrogens is 316 g/mol. The number of thiophene rings is 2. The summed E-state index contributed by atoms with van der Waals surface area (Å²) in [7, 11) is 0. The Hall–Kier alpha value is -1.92. The minimum atomic E-state index is -0.140. The molecule has 22 heavy (non-hydrogen) atoms. The van der Waals surface area contributed by atoms with E-state index >= 15 is 0 Å². The first kappa shape index (κ1) is 13.7. The molecule has 6 heteroatoms. The summed E-state index contributed by atoms with van der Waals surface area (Å²) < 4.78 is 5.44. The number of aryl methyl sites for hydroxylation is 1. The maximum absolute atomic E-state index is 12.3. The number of rotatable bonds is 4. The molecule has 0 saturated heterocycles. The largest absolute Gasteiger partial charge is 0.355 e. The van der Waals surface area contributed by atoms with Crippen molar-refractivity contribution < 1.29 is 9.32 Å². The highest BCUT2D eigenvalue weighted by molar-refractivity contribution is 7.10. The van der Waals surface area contributed by atoms with Gasteiger partial charge in [-0.2, -0.15) is 11.3 Å². The lowest BCUT2D eigenvalue weighted by Crippen LogP contribution is -2.27. The molecule has 0 atom stereocenters. The Bertz CT molecular complexity index is 802. The maximum Gasteiger partial charge on any atom is 0.273 e. The second-order valence-corrected chi connectivity index (χ2v) is 7.01. The monoisotopic (exact) mass is 330 g/mol. The number of carbonyl (C=O) groups is 1. The van der Waals surface area contributed by atoms with E-state index in [1.165, 1.54) is 10.4 Å². The van der Waals surface area contributed by atoms with Gasteiger partial charge in [-0.1, -0.05) is 5.16 Å². The predicted molar refractivity (Wildman–Crippen MR) is 87.6 cm³/mol. The molecular formula is C16H14N2O2S2. The first-order valence-corrected chi connectivity index (χ1v) is 9.00. The van der Waals surface area contributed by atoms with E-state index < -0.39 is 0 Å². The minimum absolute atomic E-state index is 0.140. The lowest BCUT2D eigenvalue weighted by molar-refractivity contribution is 0.0944. The zero-order valence-corrected chi connectivity index (χ0v) is 13.4. The second kappa shape index (κ2) is 5.70. The van der Waals surface area contributed by atoms with Crippen molar-refractivity contribution in [2.24, 2.45) is 0 Å². The van der Waals surface area contributed by atoms with Crippen LogP contribution in [0.1, 0.15) is 26.5 Å². The van der Waals surface area contributed by atoms with Gasteiger partial charge >= 0.3 is 0 Å². The molecule has 1 N–H and O–H groups in total. The van der Waals surface area contributed by atoms with Crippen molar-refractivity contribution in [3.63, 3.8) is 0 Å². The number of nitrogens with zero attached hydrogens (tertiary/aromatic N) is 1. The number of hydrogen-bond acceptors (Lipinski definition) is 5. The standard InChI is InChI=1S/C16H14N2O2S2/c19-16(17-6-3-10-4-7-21-9-10)14-12-1-2-13-11(5-8-22-13)15(12)20-18-14/h4-5,7-9H,1-3,6H2,(H,17,19). The third kappa shape index (κ3) is 2.38. The third-order valence-corrected chi connectivity index (χ3v) is 5.59. The van der Waals surface area contributed by atoms with Crippen LogP contribution in [0.25, 0.3) is 11.3 Å². The molecule has 0 spiro atoms. The predicted octanol–water partition coefficient (Wildman–Crippen LogP) is 3.54. The molecule has 4 nitrogen and oxygen atoms in total. The van der Waals surface area contributed by atoms with E-state index in [4.69, 9.17) is 4.52 Å². The highest BCUT2D eigenvalue weighted by Crippen LogP contribution is 2.37. The third-order valence-electron chi connectivity index (χ3n) is 3.87. The number of amides is 1. The molecule has 0 bridgehead atoms. The van der Waals surface area contributed by atoms with Crippen LogP contribution in [0.15, 0.2) is 32.8 Å². The number of hydrogen-bond donors (Lipinski definition) is 1. The van der Waals surface area contributed by atoms with Gasteiger partial charge in [0, 0.05) is 22.5 Å². The molecule has 1 amide bonds. The molecule has 0 aromatic carbocycles. The van der Waals surface area contributed by atoms with Gasteiger partial charge in [0.2, 0.25) is 0 Å². The van der Waals surface area contributed by atoms with Crippen molar-refractivity contribution in [1.29, 1.82) is 0 Å². The van der Waals surface area contributed by atoms with Crippen molar-refractivity contribution in [2.75, 3.05) is 6.54 Å². The summed E-state index contributed by atoms with van der Waals surface area (Å²) in [5.41, 5.74) is 3.72. The Morgan fingerprint density at radius 3 is 3.14 bits per heavy atom. The Morgan fingerprint density at radius 2 is 2.27 bits per heavy atom. The van der Waals surface area contributed by atoms with E-state index in [0.29, 0.717) is 12.2 Å². The summed E-state index contributed by atoms with van der Waals surface area (Å²) >= 11 is 3.40. The molecule has 0 unspecified atom stereocenters. The van der Waals surface area contributed by atoms with Crippen LogP contribution in [0.3, 0.4) is 0 Å². The summed E-state index contributed by atoms with van der Waals surface area (Å²) in [6.07, 6.45) is 2.61. The van der Waals surface area contributed by atoms with E-state index in [0.717, 1.165) is 36.1 Å². The Kier molecular flexibility index (Phi) is 3.56. The molecule has 1 aliphatic rings. The topological polar surface area (TPSA) is 55.1 Å². The summed E-state index contributed by atoms with van der Waals surface area (Å²) in [5, 5.41) is 13.2. The highest BCUT2D eigenvalue weighted by Gasteiger charge is 2.27. The van der Waals surface area contributed by atoms with Crippen LogP contribution in [0.5, 0.6) is 0 Å². The Morgan fingerprint density at radius 1 is 1.32 bits per heavy atom. The van der Waals surface area contributed by atoms with Gasteiger partial charge in [-0.15, -0.1) is 11.3 Å². The minimum Gasteiger partial charge on any atom is -0.355 e. The van der Waals surface area contributed by atoms with Crippen LogP contribution in [-0.4, -0.2) is 17.6 Å². The van der Waals surface area contributed by atoms with Crippen LogP contribution in [-0.2, 0) is 19.3 Å². The van der Waals surface area contributed by atoms with Gasteiger partial charge in [-0.05, 0) is 53.1 Å². The summed E-state index contributed by atoms with van der Waals surface area (Å²) in [6.45, 7) is 0.612. The van der Waals surface area contributed by atoms with Gasteiger partial charge in [0.05, 0.1) is 0 Å². The fourth-order valence-corrected chi connectivity index (χ4v) is 4.32. The lowest BCUT2D eigenvalue weighted by Gasteiger charge is -2.10. The Balaban J connectivity index is 1.48. The molecule has 4 rings (SSSR count). The van der Waals surface area contributed by atoms with Crippen molar-refractivity contribution in [3.05, 3.63) is 50.0 Å². The summed E-state index contributed by atoms with van der Waals surface area (Å²) in [6, 6.07) is 4.12. The van der Waals surface area contributed by atoms with Crippen LogP contribution in [0, 0.1) is 0 Å². The van der Waals surface area contributed by atoms with E-state index in [2.05, 4.69) is 27.3 Å². The van der Waals surface area contributed by atoms with Crippen molar-refractivity contribution in [2.45, 2.75) is 19.3 Å². The number of fused-ring (bicyclic) bond motifs is 3. The van der Waals surface area contributed by atoms with Gasteiger partial charge in [-0.25, -0.2) is 0 Å². The van der Waals surface area contributed by atoms with Gasteiger partial charge in [0.15, 0.2) is 11.5 Å². The van der Waals surface area contributed by atoms with Gasteiger partial charge in [0.25, 0.3) is 5.91 Å². The molecule has 0 fully saturated rings. The van der Waals surface area contributed by atoms with E-state index in [1.807, 2.05) is 11.4 Å². The van der Waals surface area contributed by atoms with Gasteiger partial charge in [-0.3, -0.25) is 4.79 Å². The van der Waals surface area contributed by atoms with E-state index in [-0.39, 0.29) is 5.91 Å². The second-order valence-electron chi connectivity index (χ2n) is 5.23. The fraction of sp³-hybridized carbons (Fsp3) is 0.250. The number of aromatic nitrogens is 1. The number of nitrogens with one attached hydrogen (secondary N) is 1. The molecule has 1 aliphatic carbocycles. The fourth-order valence-electron chi connectivity index (χ4n) is 2.75. The SMILES string of the molecule is O=C(NCCc1ccsc1)c1noc2c1CCc1sccc1-2. The van der Waals surface area contributed by atoms with Crippen LogP contribution in [0.4, 0.5) is 0 Å². The molecule has 3 heterocycles. The lowest BCUT2D eigenvalue weighted by atomic mass is 9.95. The molecule has 112 valence electrons. The normalized spacial score (nSPS) is 12.7. The smallest absolute Gasteiger partial charge is 0.273 e. The van der Waals surface area contributed by atoms with Crippen molar-refractivity contribution in [1.82, 2.24) is 10.5 Å². The quantitative estimate of drug-likeness (QED) is 0.796. The van der Waals surface area contributed by atoms with Gasteiger partial charge in [0.1, 0.15) is 0 Å². The van der Waals surface area contributed by atoms with Crippen LogP contribution >= 0.6 is 22.7 Å². The molecule has 0 aliphatic heterocycles. The average Bonchev–Trinajstić information content (AvgIpc) is 3.25. The zero-order valence-electron chi connectivity index (χ0n) is 11.8. The first-order valence-electron chi connectivity index (χ1n) is 7.17. The van der Waals surface area contributed by atoms with E-state index in [9.17, 15) is 4.79 Å². The molecule has 3 aromatic heterocycles. The highest BCUT2D eigenvalue weighted by atomic mass is 32.1. The Labute approximate surface area is 135 Å². The van der Waals surface area contributed by atoms with Crippen molar-refractivity contribution in [3.8, 4) is 11.3 Å². The maximum atomic E-state index is 12.3. The molecule has 0 saturated carbocycles. The zero-order chi connectivity index (χ0) is 14.9. The summed E-state index contributed by atoms with van der Waals surface area (Å²) in [5.74, 6) is 0.629. The van der Waals surface area contributed by atoms with E-state index in [1.54, 1.807) is 22.7 Å². The average molecular weight is 330 g/mol. The van der Waals surface area contributed by atoms with Crippen LogP contribution < -0.4 is 5.32 Å². The van der Waals surface area contributed by atoms with Crippen LogP contribution in [0.2, 0.25) is 0 Å². The first-order chi connectivity index (χ1) is 10.8. The molecule has 0 radical (unpaired) electrons. The van der Waals surface area contributed by atoms with Gasteiger partial charge < -0.3 is 9.84 Å². The van der Waals surface area contributed by atoms with Crippen molar-refractivity contribution >= 4 is 28.6 Å². The molecule has 3 aromatic rings.